The van der Waals surface area contributed by atoms with Crippen molar-refractivity contribution in [2.75, 3.05) is 13.2 Å². The molecule has 37 heavy (non-hydrogen) atoms. The predicted octanol–water partition coefficient (Wildman–Crippen LogP) is 7.54. The van der Waals surface area contributed by atoms with Gasteiger partial charge in [-0.25, -0.2) is 4.39 Å². The number of hydrogen-bond acceptors (Lipinski definition) is 3. The van der Waals surface area contributed by atoms with Crippen LogP contribution in [0, 0.1) is 5.82 Å². The molecule has 1 fully saturated rings. The number of alkyl halides is 6. The van der Waals surface area contributed by atoms with Gasteiger partial charge in [0.05, 0.1) is 29.9 Å². The molecule has 4 rings (SSSR count). The molecule has 3 atom stereocenters. The molecule has 0 amide bonds. The molecule has 0 bridgehead atoms. The van der Waals surface area contributed by atoms with E-state index in [-0.39, 0.29) is 18.2 Å². The maximum absolute atomic E-state index is 13.6. The fraction of sp³-hybridized carbons (Fsp3) is 0.333. The third kappa shape index (κ3) is 6.68. The topological polar surface area (TPSA) is 21.7 Å². The van der Waals surface area contributed by atoms with E-state index >= 15 is 0 Å². The van der Waals surface area contributed by atoms with E-state index in [0.29, 0.717) is 30.8 Å². The monoisotopic (exact) mass is 527 g/mol. The van der Waals surface area contributed by atoms with Crippen molar-refractivity contribution in [1.29, 1.82) is 0 Å². The highest BCUT2D eigenvalue weighted by Crippen LogP contribution is 2.40. The normalized spacial score (nSPS) is 20.1. The Bertz CT molecular complexity index is 1150. The molecular weight excluding hydrogens is 503 g/mol. The quantitative estimate of drug-likeness (QED) is 0.309. The van der Waals surface area contributed by atoms with Gasteiger partial charge in [0, 0.05) is 13.1 Å². The molecular formula is C27H24F7NO2. The summed E-state index contributed by atoms with van der Waals surface area (Å²) in [5, 5.41) is 0. The van der Waals surface area contributed by atoms with Gasteiger partial charge in [-0.15, -0.1) is 0 Å². The molecule has 1 heterocycles. The highest BCUT2D eigenvalue weighted by Gasteiger charge is 2.39. The average molecular weight is 527 g/mol. The van der Waals surface area contributed by atoms with Crippen molar-refractivity contribution < 1.29 is 40.2 Å². The van der Waals surface area contributed by atoms with Crippen LogP contribution < -0.4 is 0 Å². The Morgan fingerprint density at radius 1 is 0.892 bits per heavy atom. The van der Waals surface area contributed by atoms with E-state index in [4.69, 9.17) is 9.47 Å². The first kappa shape index (κ1) is 27.1. The lowest BCUT2D eigenvalue weighted by atomic mass is 10.00. The van der Waals surface area contributed by atoms with Crippen molar-refractivity contribution >= 4 is 0 Å². The largest absolute Gasteiger partial charge is 0.416 e. The fourth-order valence-electron chi connectivity index (χ4n) is 4.32. The Morgan fingerprint density at radius 2 is 1.49 bits per heavy atom. The van der Waals surface area contributed by atoms with Crippen molar-refractivity contribution in [3.8, 4) is 0 Å². The maximum Gasteiger partial charge on any atom is 0.416 e. The van der Waals surface area contributed by atoms with Crippen molar-refractivity contribution in [2.45, 2.75) is 44.3 Å². The predicted molar refractivity (Wildman–Crippen MR) is 122 cm³/mol. The summed E-state index contributed by atoms with van der Waals surface area (Å²) < 4.78 is 106. The van der Waals surface area contributed by atoms with E-state index < -0.39 is 47.7 Å². The van der Waals surface area contributed by atoms with Crippen LogP contribution in [0.5, 0.6) is 0 Å². The Morgan fingerprint density at radius 3 is 2.05 bits per heavy atom. The Labute approximate surface area is 209 Å². The van der Waals surface area contributed by atoms with Crippen LogP contribution >= 0.6 is 0 Å². The summed E-state index contributed by atoms with van der Waals surface area (Å²) in [6.07, 6.45) is -12.2. The summed E-state index contributed by atoms with van der Waals surface area (Å²) in [5.74, 6) is -0.454. The van der Waals surface area contributed by atoms with Crippen LogP contribution in [0.1, 0.15) is 46.9 Å². The molecule has 3 aromatic carbocycles. The van der Waals surface area contributed by atoms with E-state index in [0.717, 1.165) is 5.56 Å². The van der Waals surface area contributed by atoms with Crippen molar-refractivity contribution in [2.24, 2.45) is 0 Å². The molecule has 198 valence electrons. The van der Waals surface area contributed by atoms with Gasteiger partial charge in [0.25, 0.3) is 0 Å². The van der Waals surface area contributed by atoms with Crippen molar-refractivity contribution in [3.63, 3.8) is 0 Å². The molecule has 0 N–H and O–H groups in total. The third-order valence-electron chi connectivity index (χ3n) is 6.17. The van der Waals surface area contributed by atoms with Gasteiger partial charge in [-0.05, 0) is 53.9 Å². The first-order valence-electron chi connectivity index (χ1n) is 11.5. The van der Waals surface area contributed by atoms with E-state index in [1.807, 2.05) is 35.2 Å². The molecule has 0 radical (unpaired) electrons. The van der Waals surface area contributed by atoms with Gasteiger partial charge in [-0.3, -0.25) is 4.90 Å². The zero-order valence-electron chi connectivity index (χ0n) is 19.7. The molecule has 0 aliphatic carbocycles. The van der Waals surface area contributed by atoms with E-state index in [1.165, 1.54) is 19.1 Å². The summed E-state index contributed by atoms with van der Waals surface area (Å²) in [7, 11) is 0. The number of nitrogens with zero attached hydrogens (tertiary/aromatic N) is 1. The zero-order chi connectivity index (χ0) is 26.8. The molecule has 1 aliphatic heterocycles. The lowest BCUT2D eigenvalue weighted by Crippen LogP contribution is -2.46. The van der Waals surface area contributed by atoms with Crippen LogP contribution in [-0.4, -0.2) is 24.3 Å². The number of morpholine rings is 1. The van der Waals surface area contributed by atoms with Gasteiger partial charge >= 0.3 is 12.4 Å². The number of hydrogen-bond donors (Lipinski definition) is 0. The molecule has 3 nitrogen and oxygen atoms in total. The van der Waals surface area contributed by atoms with Gasteiger partial charge < -0.3 is 9.47 Å². The highest BCUT2D eigenvalue weighted by molar-refractivity contribution is 5.35. The van der Waals surface area contributed by atoms with Gasteiger partial charge in [0.15, 0.2) is 6.29 Å². The van der Waals surface area contributed by atoms with Gasteiger partial charge in [-0.1, -0.05) is 42.5 Å². The summed E-state index contributed by atoms with van der Waals surface area (Å²) in [6, 6.07) is 15.9. The van der Waals surface area contributed by atoms with E-state index in [1.54, 1.807) is 12.1 Å². The third-order valence-corrected chi connectivity index (χ3v) is 6.17. The molecule has 0 spiro atoms. The minimum Gasteiger partial charge on any atom is -0.349 e. The summed E-state index contributed by atoms with van der Waals surface area (Å²) >= 11 is 0. The second-order valence-corrected chi connectivity index (χ2v) is 8.81. The van der Waals surface area contributed by atoms with E-state index in [9.17, 15) is 30.7 Å². The van der Waals surface area contributed by atoms with Gasteiger partial charge in [0.1, 0.15) is 5.82 Å². The van der Waals surface area contributed by atoms with Gasteiger partial charge in [-0.2, -0.15) is 26.3 Å². The molecule has 1 saturated heterocycles. The maximum atomic E-state index is 13.6. The first-order chi connectivity index (χ1) is 17.4. The number of rotatable bonds is 6. The van der Waals surface area contributed by atoms with Crippen LogP contribution in [0.4, 0.5) is 30.7 Å². The number of ether oxygens (including phenoxy) is 2. The van der Waals surface area contributed by atoms with Crippen LogP contribution in [0.3, 0.4) is 0 Å². The van der Waals surface area contributed by atoms with Crippen LogP contribution in [0.15, 0.2) is 72.8 Å². The number of benzene rings is 3. The Balaban J connectivity index is 1.66. The average Bonchev–Trinajstić information content (AvgIpc) is 2.84. The molecule has 3 aromatic rings. The summed E-state index contributed by atoms with van der Waals surface area (Å²) in [4.78, 5) is 2.02. The molecule has 1 aliphatic rings. The molecule has 0 saturated carbocycles. The van der Waals surface area contributed by atoms with Crippen molar-refractivity contribution in [3.05, 3.63) is 106 Å². The minimum absolute atomic E-state index is 0.0796. The van der Waals surface area contributed by atoms with Gasteiger partial charge in [0.2, 0.25) is 0 Å². The van der Waals surface area contributed by atoms with Crippen LogP contribution in [0.25, 0.3) is 0 Å². The lowest BCUT2D eigenvalue weighted by molar-refractivity contribution is -0.231. The Kier molecular flexibility index (Phi) is 7.91. The molecule has 0 unspecified atom stereocenters. The smallest absolute Gasteiger partial charge is 0.349 e. The SMILES string of the molecule is C[C@@H](O[C@@H]1OCCN(Cc2ccccc2)[C@H]1c1ccc(F)cc1)c1cc(C(F)(F)F)cc(C(F)(F)F)c1. The molecule has 10 heteroatoms. The fourth-order valence-corrected chi connectivity index (χ4v) is 4.32. The van der Waals surface area contributed by atoms with Crippen LogP contribution in [-0.2, 0) is 28.4 Å². The first-order valence-corrected chi connectivity index (χ1v) is 11.5. The van der Waals surface area contributed by atoms with E-state index in [2.05, 4.69) is 0 Å². The van der Waals surface area contributed by atoms with Crippen molar-refractivity contribution in [1.82, 2.24) is 4.90 Å². The molecule has 0 aromatic heterocycles. The second-order valence-electron chi connectivity index (χ2n) is 8.81. The second kappa shape index (κ2) is 10.8. The standard InChI is InChI=1S/C27H24F7NO2/c1-17(20-13-21(26(29,30)31)15-22(14-20)27(32,33)34)37-25-24(19-7-9-23(28)10-8-19)35(11-12-36-25)16-18-5-3-2-4-6-18/h2-10,13-15,17,24-25H,11-12,16H2,1H3/t17-,24+,25+/m1/s1. The summed E-state index contributed by atoms with van der Waals surface area (Å²) in [5.41, 5.74) is -1.51. The summed E-state index contributed by atoms with van der Waals surface area (Å²) in [6.45, 7) is 2.55. The van der Waals surface area contributed by atoms with Crippen LogP contribution in [0.2, 0.25) is 0 Å². The zero-order valence-corrected chi connectivity index (χ0v) is 19.7. The number of halogens is 7. The minimum atomic E-state index is -4.97. The lowest BCUT2D eigenvalue weighted by Gasteiger charge is -2.42. The highest BCUT2D eigenvalue weighted by atomic mass is 19.4. The Hall–Kier alpha value is -2.95.